The number of rotatable bonds is 4. The zero-order chi connectivity index (χ0) is 15.4. The molecule has 0 radical (unpaired) electrons. The van der Waals surface area contributed by atoms with E-state index in [9.17, 15) is 4.79 Å². The van der Waals surface area contributed by atoms with Crippen LogP contribution < -0.4 is 5.43 Å². The number of fused-ring (bicyclic) bond motifs is 1. The zero-order valence-corrected chi connectivity index (χ0v) is 12.4. The molecule has 0 aliphatic rings. The molecule has 1 N–H and O–H groups in total. The van der Waals surface area contributed by atoms with E-state index in [-0.39, 0.29) is 11.0 Å². The maximum Gasteiger partial charge on any atom is 0.224 e. The molecule has 22 heavy (non-hydrogen) atoms. The van der Waals surface area contributed by atoms with Crippen LogP contribution in [0.3, 0.4) is 0 Å². The van der Waals surface area contributed by atoms with Gasteiger partial charge in [-0.15, -0.1) is 0 Å². The van der Waals surface area contributed by atoms with Crippen LogP contribution in [0.15, 0.2) is 77.9 Å². The average molecular weight is 309 g/mol. The Balaban J connectivity index is 1.82. The summed E-state index contributed by atoms with van der Waals surface area (Å²) in [5.74, 6) is -0.309. The number of Topliss-reactive ketones (excluding diaryl/α,β-unsaturated/α-hetero) is 1. The third-order valence-corrected chi connectivity index (χ3v) is 3.51. The first-order chi connectivity index (χ1) is 10.7. The van der Waals surface area contributed by atoms with Gasteiger partial charge in [-0.05, 0) is 29.0 Å². The number of anilines is 1. The topological polar surface area (TPSA) is 41.5 Å². The molecule has 3 nitrogen and oxygen atoms in total. The molecule has 0 atom stereocenters. The standard InChI is InChI=1S/C18H13ClN2O/c19-18(21-20-16-8-2-1-3-9-16)17(22)15-11-10-13-6-4-5-7-14(13)12-15/h1-12,20H/b21-18+. The lowest BCUT2D eigenvalue weighted by atomic mass is 10.0. The highest BCUT2D eigenvalue weighted by Crippen LogP contribution is 2.17. The van der Waals surface area contributed by atoms with Crippen molar-refractivity contribution >= 4 is 39.0 Å². The number of halogens is 1. The van der Waals surface area contributed by atoms with Gasteiger partial charge in [0.15, 0.2) is 5.17 Å². The molecular formula is C18H13ClN2O. The van der Waals surface area contributed by atoms with Crippen molar-refractivity contribution in [2.75, 3.05) is 5.43 Å². The third kappa shape index (κ3) is 3.15. The smallest absolute Gasteiger partial charge is 0.224 e. The lowest BCUT2D eigenvalue weighted by molar-refractivity contribution is 0.106. The Labute approximate surface area is 133 Å². The molecule has 3 aromatic rings. The highest BCUT2D eigenvalue weighted by Gasteiger charge is 2.12. The third-order valence-electron chi connectivity index (χ3n) is 3.26. The van der Waals surface area contributed by atoms with E-state index in [0.29, 0.717) is 5.56 Å². The Morgan fingerprint density at radius 3 is 2.32 bits per heavy atom. The molecule has 0 heterocycles. The molecule has 0 saturated heterocycles. The molecule has 0 aliphatic carbocycles. The maximum atomic E-state index is 12.3. The zero-order valence-electron chi connectivity index (χ0n) is 11.7. The van der Waals surface area contributed by atoms with E-state index in [2.05, 4.69) is 10.5 Å². The van der Waals surface area contributed by atoms with Gasteiger partial charge < -0.3 is 0 Å². The van der Waals surface area contributed by atoms with Gasteiger partial charge in [-0.25, -0.2) is 0 Å². The first kappa shape index (κ1) is 14.3. The van der Waals surface area contributed by atoms with Crippen LogP contribution in [0.1, 0.15) is 10.4 Å². The second-order valence-electron chi connectivity index (χ2n) is 4.77. The molecule has 108 valence electrons. The van der Waals surface area contributed by atoms with Gasteiger partial charge in [-0.3, -0.25) is 10.2 Å². The van der Waals surface area contributed by atoms with Crippen LogP contribution in [0.25, 0.3) is 10.8 Å². The summed E-state index contributed by atoms with van der Waals surface area (Å²) < 4.78 is 0. The molecule has 0 bridgehead atoms. The van der Waals surface area contributed by atoms with E-state index >= 15 is 0 Å². The van der Waals surface area contributed by atoms with Crippen molar-refractivity contribution in [2.45, 2.75) is 0 Å². The van der Waals surface area contributed by atoms with Crippen LogP contribution in [-0.2, 0) is 0 Å². The van der Waals surface area contributed by atoms with E-state index in [0.717, 1.165) is 16.5 Å². The number of nitrogens with one attached hydrogen (secondary N) is 1. The second-order valence-corrected chi connectivity index (χ2v) is 5.13. The van der Waals surface area contributed by atoms with Gasteiger partial charge in [0.05, 0.1) is 5.69 Å². The van der Waals surface area contributed by atoms with Crippen molar-refractivity contribution in [3.63, 3.8) is 0 Å². The van der Waals surface area contributed by atoms with Gasteiger partial charge in [-0.1, -0.05) is 66.2 Å². The van der Waals surface area contributed by atoms with Crippen molar-refractivity contribution < 1.29 is 4.79 Å². The number of hydrogen-bond donors (Lipinski definition) is 1. The molecule has 0 aromatic heterocycles. The van der Waals surface area contributed by atoms with Crippen LogP contribution in [0, 0.1) is 0 Å². The predicted octanol–water partition coefficient (Wildman–Crippen LogP) is 4.69. The minimum absolute atomic E-state index is 0.0980. The highest BCUT2D eigenvalue weighted by molar-refractivity contribution is 6.85. The predicted molar refractivity (Wildman–Crippen MR) is 91.6 cm³/mol. The molecule has 4 heteroatoms. The molecule has 0 saturated carbocycles. The molecular weight excluding hydrogens is 296 g/mol. The molecule has 0 amide bonds. The number of hydrazone groups is 1. The second kappa shape index (κ2) is 6.41. The van der Waals surface area contributed by atoms with Gasteiger partial charge in [0.25, 0.3) is 0 Å². The largest absolute Gasteiger partial charge is 0.286 e. The van der Waals surface area contributed by atoms with Gasteiger partial charge in [0.1, 0.15) is 0 Å². The lowest BCUT2D eigenvalue weighted by Crippen LogP contribution is -2.10. The minimum atomic E-state index is -0.309. The van der Waals surface area contributed by atoms with Gasteiger partial charge in [0, 0.05) is 5.56 Å². The van der Waals surface area contributed by atoms with Gasteiger partial charge >= 0.3 is 0 Å². The van der Waals surface area contributed by atoms with Crippen molar-refractivity contribution in [3.8, 4) is 0 Å². The summed E-state index contributed by atoms with van der Waals surface area (Å²) in [6.45, 7) is 0. The number of carbonyl (C=O) groups excluding carboxylic acids is 1. The molecule has 0 unspecified atom stereocenters. The molecule has 0 spiro atoms. The van der Waals surface area contributed by atoms with Crippen LogP contribution in [-0.4, -0.2) is 11.0 Å². The Kier molecular flexibility index (Phi) is 4.17. The van der Waals surface area contributed by atoms with Crippen molar-refractivity contribution in [1.82, 2.24) is 0 Å². The fourth-order valence-corrected chi connectivity index (χ4v) is 2.28. The van der Waals surface area contributed by atoms with E-state index in [1.54, 1.807) is 6.07 Å². The Morgan fingerprint density at radius 1 is 0.864 bits per heavy atom. The van der Waals surface area contributed by atoms with Gasteiger partial charge in [-0.2, -0.15) is 5.10 Å². The van der Waals surface area contributed by atoms with Crippen LogP contribution in [0.5, 0.6) is 0 Å². The summed E-state index contributed by atoms with van der Waals surface area (Å²) in [6.07, 6.45) is 0. The number of benzene rings is 3. The van der Waals surface area contributed by atoms with E-state index < -0.39 is 0 Å². The average Bonchev–Trinajstić information content (AvgIpc) is 2.59. The van der Waals surface area contributed by atoms with Crippen molar-refractivity contribution in [1.29, 1.82) is 0 Å². The fraction of sp³-hybridized carbons (Fsp3) is 0. The first-order valence-corrected chi connectivity index (χ1v) is 7.19. The number of hydrogen-bond acceptors (Lipinski definition) is 3. The van der Waals surface area contributed by atoms with E-state index in [1.165, 1.54) is 0 Å². The van der Waals surface area contributed by atoms with Gasteiger partial charge in [0.2, 0.25) is 5.78 Å². The SMILES string of the molecule is O=C(/C(Cl)=N\Nc1ccccc1)c1ccc2ccccc2c1. The van der Waals surface area contributed by atoms with Crippen LogP contribution >= 0.6 is 11.6 Å². The van der Waals surface area contributed by atoms with Crippen LogP contribution in [0.4, 0.5) is 5.69 Å². The normalized spacial score (nSPS) is 11.4. The number of para-hydroxylation sites is 1. The summed E-state index contributed by atoms with van der Waals surface area (Å²) in [4.78, 5) is 12.3. The van der Waals surface area contributed by atoms with E-state index in [4.69, 9.17) is 11.6 Å². The van der Waals surface area contributed by atoms with Crippen molar-refractivity contribution in [2.24, 2.45) is 5.10 Å². The molecule has 3 rings (SSSR count). The number of nitrogens with zero attached hydrogens (tertiary/aromatic N) is 1. The Bertz CT molecular complexity index is 844. The van der Waals surface area contributed by atoms with E-state index in [1.807, 2.05) is 66.7 Å². The Hall–Kier alpha value is -2.65. The fourth-order valence-electron chi connectivity index (χ4n) is 2.13. The summed E-state index contributed by atoms with van der Waals surface area (Å²) in [6, 6.07) is 22.6. The number of ketones is 1. The first-order valence-electron chi connectivity index (χ1n) is 6.82. The molecule has 0 aliphatic heterocycles. The number of carbonyl (C=O) groups is 1. The Morgan fingerprint density at radius 2 is 1.55 bits per heavy atom. The minimum Gasteiger partial charge on any atom is -0.286 e. The summed E-state index contributed by atoms with van der Waals surface area (Å²) in [7, 11) is 0. The summed E-state index contributed by atoms with van der Waals surface area (Å²) >= 11 is 6.00. The lowest BCUT2D eigenvalue weighted by Gasteiger charge is -2.03. The summed E-state index contributed by atoms with van der Waals surface area (Å²) in [5.41, 5.74) is 4.05. The highest BCUT2D eigenvalue weighted by atomic mass is 35.5. The summed E-state index contributed by atoms with van der Waals surface area (Å²) in [5, 5.41) is 5.91. The molecule has 3 aromatic carbocycles. The quantitative estimate of drug-likeness (QED) is 0.431. The van der Waals surface area contributed by atoms with Crippen LogP contribution in [0.2, 0.25) is 0 Å². The monoisotopic (exact) mass is 308 g/mol. The maximum absolute atomic E-state index is 12.3. The van der Waals surface area contributed by atoms with Crippen molar-refractivity contribution in [3.05, 3.63) is 78.4 Å². The molecule has 0 fully saturated rings.